The third-order valence-corrected chi connectivity index (χ3v) is 6.51. The summed E-state index contributed by atoms with van der Waals surface area (Å²) >= 11 is 0. The highest BCUT2D eigenvalue weighted by atomic mass is 19.4. The smallest absolute Gasteiger partial charge is 0.370 e. The molecule has 1 saturated heterocycles. The largest absolute Gasteiger partial charge is 0.433 e. The summed E-state index contributed by atoms with van der Waals surface area (Å²) in [4.78, 5) is 5.99. The Morgan fingerprint density at radius 3 is 2.56 bits per heavy atom. The van der Waals surface area contributed by atoms with Crippen LogP contribution in [0.25, 0.3) is 5.70 Å². The number of halogens is 5. The highest BCUT2D eigenvalue weighted by molar-refractivity contribution is 5.93. The Kier molecular flexibility index (Phi) is 6.42. The van der Waals surface area contributed by atoms with Crippen molar-refractivity contribution < 1.29 is 22.0 Å². The molecule has 3 rings (SSSR count). The Labute approximate surface area is 186 Å². The summed E-state index contributed by atoms with van der Waals surface area (Å²) in [5, 5.41) is 0. The maximum absolute atomic E-state index is 13.4. The van der Waals surface area contributed by atoms with Crippen LogP contribution in [0.2, 0.25) is 0 Å². The maximum Gasteiger partial charge on any atom is 0.433 e. The van der Waals surface area contributed by atoms with Crippen LogP contribution in [0.4, 0.5) is 22.0 Å². The van der Waals surface area contributed by atoms with Gasteiger partial charge in [-0.1, -0.05) is 36.9 Å². The predicted octanol–water partition coefficient (Wildman–Crippen LogP) is 6.97. The van der Waals surface area contributed by atoms with Crippen molar-refractivity contribution in [1.29, 1.82) is 0 Å². The van der Waals surface area contributed by atoms with E-state index in [0.717, 1.165) is 47.9 Å². The summed E-state index contributed by atoms with van der Waals surface area (Å²) in [7, 11) is 0. The Hall–Kier alpha value is -2.44. The van der Waals surface area contributed by atoms with Crippen molar-refractivity contribution in [3.63, 3.8) is 0 Å². The average molecular weight is 453 g/mol. The number of aryl methyl sites for hydroxylation is 2. The van der Waals surface area contributed by atoms with E-state index in [-0.39, 0.29) is 18.8 Å². The lowest BCUT2D eigenvalue weighted by atomic mass is 9.96. The number of hydrogen-bond donors (Lipinski definition) is 0. The quantitative estimate of drug-likeness (QED) is 0.236. The zero-order chi connectivity index (χ0) is 23.9. The minimum Gasteiger partial charge on any atom is -0.370 e. The van der Waals surface area contributed by atoms with E-state index in [2.05, 4.69) is 23.1 Å². The lowest BCUT2D eigenvalue weighted by Gasteiger charge is -2.27. The first-order valence-electron chi connectivity index (χ1n) is 10.6. The lowest BCUT2D eigenvalue weighted by Crippen LogP contribution is -2.27. The van der Waals surface area contributed by atoms with Crippen LogP contribution in [-0.2, 0) is 6.42 Å². The van der Waals surface area contributed by atoms with Crippen LogP contribution in [0.1, 0.15) is 43.4 Å². The van der Waals surface area contributed by atoms with Crippen molar-refractivity contribution in [3.8, 4) is 0 Å². The third-order valence-electron chi connectivity index (χ3n) is 6.51. The number of likely N-dealkylation sites (tertiary alicyclic amines) is 1. The molecule has 0 radical (unpaired) electrons. The Bertz CT molecular complexity index is 968. The van der Waals surface area contributed by atoms with Crippen LogP contribution in [-0.4, -0.2) is 35.8 Å². The summed E-state index contributed by atoms with van der Waals surface area (Å²) in [5.74, 6) is -2.56. The molecule has 2 aliphatic rings. The molecule has 2 fully saturated rings. The van der Waals surface area contributed by atoms with Gasteiger partial charge in [0.15, 0.2) is 0 Å². The molecule has 1 aromatic rings. The summed E-state index contributed by atoms with van der Waals surface area (Å²) in [5.41, 5.74) is 2.43. The van der Waals surface area contributed by atoms with Gasteiger partial charge in [0.1, 0.15) is 5.70 Å². The lowest BCUT2D eigenvalue weighted by molar-refractivity contribution is -0.0923. The van der Waals surface area contributed by atoms with Crippen molar-refractivity contribution in [1.82, 2.24) is 4.90 Å². The molecule has 32 heavy (non-hydrogen) atoms. The van der Waals surface area contributed by atoms with Crippen molar-refractivity contribution in [2.24, 2.45) is 16.3 Å². The third kappa shape index (κ3) is 5.13. The number of rotatable bonds is 8. The van der Waals surface area contributed by atoms with Gasteiger partial charge in [0, 0.05) is 41.9 Å². The standard InChI is InChI=1S/C25H29F5N2/c1-6-7-22(25(28,29)30)31-18(4)24-13-20(24)14-32(15-24)17(3)21-12-16(2)8-9-19(21)10-11-23(5,26)27/h6-9,12,20H,1,3,10-11,13-15H2,2,4-5H3/b22-7-,31-18?. The van der Waals surface area contributed by atoms with Crippen molar-refractivity contribution in [3.05, 3.63) is 65.9 Å². The molecule has 2 atom stereocenters. The fourth-order valence-electron chi connectivity index (χ4n) is 4.55. The summed E-state index contributed by atoms with van der Waals surface area (Å²) in [6, 6.07) is 5.69. The van der Waals surface area contributed by atoms with Gasteiger partial charge in [-0.05, 0) is 57.2 Å². The van der Waals surface area contributed by atoms with E-state index in [4.69, 9.17) is 0 Å². The highest BCUT2D eigenvalue weighted by Crippen LogP contribution is 2.60. The van der Waals surface area contributed by atoms with Gasteiger partial charge in [-0.2, -0.15) is 13.2 Å². The van der Waals surface area contributed by atoms with Gasteiger partial charge in [-0.25, -0.2) is 8.78 Å². The van der Waals surface area contributed by atoms with E-state index >= 15 is 0 Å². The molecule has 1 aliphatic heterocycles. The van der Waals surface area contributed by atoms with E-state index in [1.165, 1.54) is 0 Å². The number of piperidine rings is 1. The predicted molar refractivity (Wildman–Crippen MR) is 119 cm³/mol. The number of benzene rings is 1. The molecule has 0 amide bonds. The fraction of sp³-hybridized carbons (Fsp3) is 0.480. The number of fused-ring (bicyclic) bond motifs is 1. The van der Waals surface area contributed by atoms with Gasteiger partial charge in [0.05, 0.1) is 0 Å². The zero-order valence-corrected chi connectivity index (χ0v) is 18.7. The second-order valence-electron chi connectivity index (χ2n) is 9.10. The molecule has 1 saturated carbocycles. The monoisotopic (exact) mass is 452 g/mol. The molecule has 0 bridgehead atoms. The average Bonchev–Trinajstić information content (AvgIpc) is 3.25. The second kappa shape index (κ2) is 8.49. The van der Waals surface area contributed by atoms with Gasteiger partial charge in [0.25, 0.3) is 0 Å². The second-order valence-corrected chi connectivity index (χ2v) is 9.10. The first kappa shape index (κ1) is 24.2. The maximum atomic E-state index is 13.4. The molecule has 2 unspecified atom stereocenters. The number of aliphatic imine (C=N–C) groups is 1. The van der Waals surface area contributed by atoms with Crippen LogP contribution < -0.4 is 0 Å². The van der Waals surface area contributed by atoms with Crippen LogP contribution in [0.15, 0.2) is 54.2 Å². The molecular weight excluding hydrogens is 423 g/mol. The Morgan fingerprint density at radius 1 is 1.28 bits per heavy atom. The van der Waals surface area contributed by atoms with E-state index in [9.17, 15) is 22.0 Å². The molecule has 0 aromatic heterocycles. The first-order valence-corrected chi connectivity index (χ1v) is 10.6. The fourth-order valence-corrected chi connectivity index (χ4v) is 4.55. The van der Waals surface area contributed by atoms with Gasteiger partial charge < -0.3 is 4.90 Å². The van der Waals surface area contributed by atoms with Crippen molar-refractivity contribution >= 4 is 11.4 Å². The molecule has 2 nitrogen and oxygen atoms in total. The van der Waals surface area contributed by atoms with Crippen LogP contribution in [0.3, 0.4) is 0 Å². The first-order chi connectivity index (χ1) is 14.8. The molecule has 1 aromatic carbocycles. The van der Waals surface area contributed by atoms with E-state index in [0.29, 0.717) is 18.8 Å². The SMILES string of the molecule is C=C/C=C(\N=C(C)C12CC1CN(C(=C)c1cc(C)ccc1CCC(C)(F)F)C2)C(F)(F)F. The van der Waals surface area contributed by atoms with Crippen molar-refractivity contribution in [2.75, 3.05) is 13.1 Å². The molecule has 0 N–H and O–H groups in total. The van der Waals surface area contributed by atoms with E-state index < -0.39 is 23.2 Å². The van der Waals surface area contributed by atoms with Crippen LogP contribution in [0.5, 0.6) is 0 Å². The van der Waals surface area contributed by atoms with Gasteiger partial charge in [-0.3, -0.25) is 4.99 Å². The van der Waals surface area contributed by atoms with Gasteiger partial charge in [-0.15, -0.1) is 0 Å². The minimum absolute atomic E-state index is 0.203. The number of hydrogen-bond acceptors (Lipinski definition) is 2. The molecular formula is C25H29F5N2. The minimum atomic E-state index is -4.55. The molecule has 1 aliphatic carbocycles. The number of allylic oxidation sites excluding steroid dienone is 3. The zero-order valence-electron chi connectivity index (χ0n) is 18.7. The van der Waals surface area contributed by atoms with E-state index in [1.54, 1.807) is 6.92 Å². The summed E-state index contributed by atoms with van der Waals surface area (Å²) in [6.07, 6.45) is -1.83. The molecule has 1 heterocycles. The highest BCUT2D eigenvalue weighted by Gasteiger charge is 2.62. The number of alkyl halides is 5. The normalized spacial score (nSPS) is 23.9. The van der Waals surface area contributed by atoms with Crippen LogP contribution in [0, 0.1) is 18.3 Å². The summed E-state index contributed by atoms with van der Waals surface area (Å²) < 4.78 is 66.6. The molecule has 7 heteroatoms. The Morgan fingerprint density at radius 2 is 1.97 bits per heavy atom. The van der Waals surface area contributed by atoms with Crippen LogP contribution >= 0.6 is 0 Å². The van der Waals surface area contributed by atoms with Crippen molar-refractivity contribution in [2.45, 2.75) is 52.1 Å². The van der Waals surface area contributed by atoms with E-state index in [1.807, 2.05) is 25.1 Å². The Balaban J connectivity index is 1.81. The topological polar surface area (TPSA) is 15.6 Å². The summed E-state index contributed by atoms with van der Waals surface area (Å²) in [6.45, 7) is 13.2. The van der Waals surface area contributed by atoms with Gasteiger partial charge >= 0.3 is 6.18 Å². The van der Waals surface area contributed by atoms with Gasteiger partial charge in [0.2, 0.25) is 5.92 Å². The number of nitrogens with zero attached hydrogens (tertiary/aromatic N) is 2. The molecule has 0 spiro atoms. The molecule has 174 valence electrons.